The molecule has 1 aromatic rings. The molecular weight excluding hydrogens is 176 g/mol. The number of rotatable bonds is 1. The van der Waals surface area contributed by atoms with Crippen LogP contribution in [0.15, 0.2) is 12.3 Å². The molecule has 0 saturated carbocycles. The van der Waals surface area contributed by atoms with Crippen LogP contribution in [0.5, 0.6) is 0 Å². The number of nitrogens with zero attached hydrogens (tertiary/aromatic N) is 3. The van der Waals surface area contributed by atoms with Gasteiger partial charge in [0.25, 0.3) is 0 Å². The summed E-state index contributed by atoms with van der Waals surface area (Å²) in [5.74, 6) is 2.16. The monoisotopic (exact) mass is 192 g/mol. The molecule has 2 rings (SSSR count). The lowest BCUT2D eigenvalue weighted by Gasteiger charge is -2.31. The van der Waals surface area contributed by atoms with Crippen molar-refractivity contribution in [2.24, 2.45) is 5.92 Å². The molecule has 4 nitrogen and oxygen atoms in total. The minimum atomic E-state index is 0.362. The van der Waals surface area contributed by atoms with Crippen LogP contribution in [0.3, 0.4) is 0 Å². The third-order valence-electron chi connectivity index (χ3n) is 2.77. The normalized spacial score (nSPS) is 18.5. The van der Waals surface area contributed by atoms with Crippen molar-refractivity contribution in [2.75, 3.05) is 23.7 Å². The van der Waals surface area contributed by atoms with Crippen molar-refractivity contribution in [1.82, 2.24) is 9.97 Å². The van der Waals surface area contributed by atoms with Crippen molar-refractivity contribution in [2.45, 2.75) is 19.8 Å². The molecule has 2 N–H and O–H groups in total. The van der Waals surface area contributed by atoms with E-state index in [0.29, 0.717) is 5.95 Å². The number of hydrogen-bond donors (Lipinski definition) is 1. The van der Waals surface area contributed by atoms with Gasteiger partial charge in [-0.15, -0.1) is 0 Å². The summed E-state index contributed by atoms with van der Waals surface area (Å²) in [5, 5.41) is 0. The number of nitrogens with two attached hydrogens (primary N) is 1. The maximum Gasteiger partial charge on any atom is 0.221 e. The molecule has 0 unspecified atom stereocenters. The molecule has 0 aliphatic carbocycles. The van der Waals surface area contributed by atoms with Gasteiger partial charge in [-0.05, 0) is 24.8 Å². The molecule has 0 aromatic carbocycles. The number of hydrogen-bond acceptors (Lipinski definition) is 4. The maximum atomic E-state index is 5.54. The molecule has 4 heteroatoms. The van der Waals surface area contributed by atoms with E-state index in [1.165, 1.54) is 12.8 Å². The largest absolute Gasteiger partial charge is 0.368 e. The lowest BCUT2D eigenvalue weighted by molar-refractivity contribution is 0.436. The average molecular weight is 192 g/mol. The van der Waals surface area contributed by atoms with Gasteiger partial charge in [-0.3, -0.25) is 0 Å². The molecule has 76 valence electrons. The van der Waals surface area contributed by atoms with E-state index in [-0.39, 0.29) is 0 Å². The average Bonchev–Trinajstić information content (AvgIpc) is 2.19. The Balaban J connectivity index is 2.08. The highest BCUT2D eigenvalue weighted by atomic mass is 15.2. The quantitative estimate of drug-likeness (QED) is 0.728. The van der Waals surface area contributed by atoms with Gasteiger partial charge in [-0.1, -0.05) is 6.92 Å². The second-order valence-corrected chi connectivity index (χ2v) is 3.94. The van der Waals surface area contributed by atoms with Crippen molar-refractivity contribution < 1.29 is 0 Å². The van der Waals surface area contributed by atoms with Gasteiger partial charge >= 0.3 is 0 Å². The van der Waals surface area contributed by atoms with E-state index < -0.39 is 0 Å². The third kappa shape index (κ3) is 1.95. The minimum absolute atomic E-state index is 0.362. The van der Waals surface area contributed by atoms with Crippen LogP contribution < -0.4 is 10.6 Å². The molecular formula is C10H16N4. The molecule has 0 amide bonds. The van der Waals surface area contributed by atoms with Gasteiger partial charge in [-0.2, -0.15) is 4.98 Å². The van der Waals surface area contributed by atoms with E-state index in [9.17, 15) is 0 Å². The SMILES string of the molecule is CC1CCN(c2ccnc(N)n2)CC1. The first-order valence-corrected chi connectivity index (χ1v) is 5.09. The first kappa shape index (κ1) is 9.24. The Morgan fingerprint density at radius 3 is 2.79 bits per heavy atom. The van der Waals surface area contributed by atoms with E-state index >= 15 is 0 Å². The number of anilines is 2. The molecule has 2 heterocycles. The molecule has 0 atom stereocenters. The van der Waals surface area contributed by atoms with Crippen LogP contribution in [-0.4, -0.2) is 23.1 Å². The van der Waals surface area contributed by atoms with E-state index in [2.05, 4.69) is 21.8 Å². The van der Waals surface area contributed by atoms with Crippen molar-refractivity contribution in [3.8, 4) is 0 Å². The van der Waals surface area contributed by atoms with Crippen LogP contribution in [0.4, 0.5) is 11.8 Å². The predicted molar refractivity (Wildman–Crippen MR) is 57.1 cm³/mol. The highest BCUT2D eigenvalue weighted by Crippen LogP contribution is 2.20. The lowest BCUT2D eigenvalue weighted by Crippen LogP contribution is -2.33. The fourth-order valence-corrected chi connectivity index (χ4v) is 1.78. The third-order valence-corrected chi connectivity index (χ3v) is 2.77. The molecule has 1 saturated heterocycles. The summed E-state index contributed by atoms with van der Waals surface area (Å²) >= 11 is 0. The fraction of sp³-hybridized carbons (Fsp3) is 0.600. The Kier molecular flexibility index (Phi) is 2.52. The zero-order chi connectivity index (χ0) is 9.97. The lowest BCUT2D eigenvalue weighted by atomic mass is 9.99. The van der Waals surface area contributed by atoms with Crippen LogP contribution in [0.1, 0.15) is 19.8 Å². The smallest absolute Gasteiger partial charge is 0.221 e. The van der Waals surface area contributed by atoms with Crippen LogP contribution in [0.25, 0.3) is 0 Å². The van der Waals surface area contributed by atoms with Crippen molar-refractivity contribution >= 4 is 11.8 Å². The molecule has 1 aliphatic heterocycles. The summed E-state index contributed by atoms with van der Waals surface area (Å²) in [5.41, 5.74) is 5.54. The summed E-state index contributed by atoms with van der Waals surface area (Å²) in [6.45, 7) is 4.46. The second kappa shape index (κ2) is 3.82. The molecule has 0 spiro atoms. The molecule has 0 radical (unpaired) electrons. The topological polar surface area (TPSA) is 55.0 Å². The zero-order valence-electron chi connectivity index (χ0n) is 8.48. The minimum Gasteiger partial charge on any atom is -0.368 e. The van der Waals surface area contributed by atoms with Gasteiger partial charge in [0.15, 0.2) is 0 Å². The van der Waals surface area contributed by atoms with Crippen LogP contribution in [0, 0.1) is 5.92 Å². The molecule has 0 bridgehead atoms. The standard InChI is InChI=1S/C10H16N4/c1-8-3-6-14(7-4-8)9-2-5-12-10(11)13-9/h2,5,8H,3-4,6-7H2,1H3,(H2,11,12,13). The van der Waals surface area contributed by atoms with Gasteiger partial charge < -0.3 is 10.6 Å². The van der Waals surface area contributed by atoms with Gasteiger partial charge in [0.05, 0.1) is 0 Å². The first-order valence-electron chi connectivity index (χ1n) is 5.09. The highest BCUT2D eigenvalue weighted by molar-refractivity contribution is 5.41. The first-order chi connectivity index (χ1) is 6.75. The molecule has 1 aromatic heterocycles. The van der Waals surface area contributed by atoms with Crippen LogP contribution >= 0.6 is 0 Å². The Bertz CT molecular complexity index is 305. The van der Waals surface area contributed by atoms with Gasteiger partial charge in [-0.25, -0.2) is 4.98 Å². The summed E-state index contributed by atoms with van der Waals surface area (Å²) in [6.07, 6.45) is 4.20. The summed E-state index contributed by atoms with van der Waals surface area (Å²) in [4.78, 5) is 10.4. The summed E-state index contributed by atoms with van der Waals surface area (Å²) < 4.78 is 0. The predicted octanol–water partition coefficient (Wildman–Crippen LogP) is 1.30. The van der Waals surface area contributed by atoms with Gasteiger partial charge in [0.2, 0.25) is 5.95 Å². The Morgan fingerprint density at radius 2 is 2.14 bits per heavy atom. The number of nitrogen functional groups attached to an aromatic ring is 1. The van der Waals surface area contributed by atoms with Gasteiger partial charge in [0, 0.05) is 19.3 Å². The highest BCUT2D eigenvalue weighted by Gasteiger charge is 2.16. The Hall–Kier alpha value is -1.32. The van der Waals surface area contributed by atoms with Crippen molar-refractivity contribution in [3.05, 3.63) is 12.3 Å². The number of piperidine rings is 1. The van der Waals surface area contributed by atoms with E-state index in [0.717, 1.165) is 24.8 Å². The zero-order valence-corrected chi connectivity index (χ0v) is 8.48. The van der Waals surface area contributed by atoms with E-state index in [1.807, 2.05) is 6.07 Å². The Morgan fingerprint density at radius 1 is 1.43 bits per heavy atom. The summed E-state index contributed by atoms with van der Waals surface area (Å²) in [7, 11) is 0. The molecule has 14 heavy (non-hydrogen) atoms. The second-order valence-electron chi connectivity index (χ2n) is 3.94. The van der Waals surface area contributed by atoms with Crippen LogP contribution in [0.2, 0.25) is 0 Å². The Labute approximate surface area is 84.2 Å². The number of aromatic nitrogens is 2. The van der Waals surface area contributed by atoms with Gasteiger partial charge in [0.1, 0.15) is 5.82 Å². The van der Waals surface area contributed by atoms with Crippen molar-refractivity contribution in [1.29, 1.82) is 0 Å². The van der Waals surface area contributed by atoms with E-state index in [1.54, 1.807) is 6.20 Å². The van der Waals surface area contributed by atoms with Crippen molar-refractivity contribution in [3.63, 3.8) is 0 Å². The summed E-state index contributed by atoms with van der Waals surface area (Å²) in [6, 6.07) is 1.92. The van der Waals surface area contributed by atoms with E-state index in [4.69, 9.17) is 5.73 Å². The fourth-order valence-electron chi connectivity index (χ4n) is 1.78. The van der Waals surface area contributed by atoms with Crippen LogP contribution in [-0.2, 0) is 0 Å². The molecule has 1 fully saturated rings. The molecule has 1 aliphatic rings. The maximum absolute atomic E-state index is 5.54.